The molecule has 1 aromatic heterocycles. The molecule has 0 aromatic carbocycles. The molecule has 136 valence electrons. The van der Waals surface area contributed by atoms with Crippen LogP contribution < -0.4 is 22.3 Å². The van der Waals surface area contributed by atoms with Crippen LogP contribution in [0.25, 0.3) is 0 Å². The van der Waals surface area contributed by atoms with Gasteiger partial charge in [-0.3, -0.25) is 19.1 Å². The standard InChI is InChI=1S/C17H24N4O4/c1-2-3-21-13(18)11(14(23)20-16(21)25)19-15(24)17-6-8-4-10(17)5-9(7-17)12(8)22/h8-10,12,22H,2-7,18H2,1H3,(H,19,24)(H,20,23,25)/t8-,9?,10+,12-,17?/m1/s1. The van der Waals surface area contributed by atoms with Gasteiger partial charge >= 0.3 is 5.69 Å². The normalized spacial score (nSPS) is 35.3. The highest BCUT2D eigenvalue weighted by atomic mass is 16.3. The molecule has 1 aromatic rings. The van der Waals surface area contributed by atoms with E-state index in [1.54, 1.807) is 0 Å². The number of aromatic amines is 1. The summed E-state index contributed by atoms with van der Waals surface area (Å²) >= 11 is 0. The van der Waals surface area contributed by atoms with Crippen molar-refractivity contribution in [2.24, 2.45) is 23.2 Å². The molecule has 1 heterocycles. The molecule has 8 nitrogen and oxygen atoms in total. The van der Waals surface area contributed by atoms with Crippen LogP contribution in [0.15, 0.2) is 9.59 Å². The largest absolute Gasteiger partial charge is 0.393 e. The molecule has 0 radical (unpaired) electrons. The Morgan fingerprint density at radius 1 is 1.36 bits per heavy atom. The zero-order valence-corrected chi connectivity index (χ0v) is 14.2. The summed E-state index contributed by atoms with van der Waals surface area (Å²) < 4.78 is 1.27. The van der Waals surface area contributed by atoms with E-state index in [0.29, 0.717) is 25.8 Å². The fourth-order valence-corrected chi connectivity index (χ4v) is 5.47. The van der Waals surface area contributed by atoms with Crippen LogP contribution in [-0.2, 0) is 11.3 Å². The van der Waals surface area contributed by atoms with Crippen LogP contribution in [0.4, 0.5) is 11.5 Å². The van der Waals surface area contributed by atoms with Gasteiger partial charge in [-0.15, -0.1) is 0 Å². The second-order valence-electron chi connectivity index (χ2n) is 7.87. The molecular weight excluding hydrogens is 324 g/mol. The summed E-state index contributed by atoms with van der Waals surface area (Å²) in [6.07, 6.45) is 3.43. The third-order valence-corrected chi connectivity index (χ3v) is 6.55. The number of nitrogens with zero attached hydrogens (tertiary/aromatic N) is 1. The van der Waals surface area contributed by atoms with Crippen molar-refractivity contribution in [3.63, 3.8) is 0 Å². The Balaban J connectivity index is 1.66. The minimum Gasteiger partial charge on any atom is -0.393 e. The van der Waals surface area contributed by atoms with Gasteiger partial charge in [0.1, 0.15) is 11.5 Å². The van der Waals surface area contributed by atoms with Gasteiger partial charge in [-0.2, -0.15) is 0 Å². The molecule has 4 fully saturated rings. The number of amides is 1. The number of carbonyl (C=O) groups is 1. The summed E-state index contributed by atoms with van der Waals surface area (Å²) in [5.74, 6) is 0.403. The fraction of sp³-hybridized carbons (Fsp3) is 0.706. The quantitative estimate of drug-likeness (QED) is 0.620. The predicted molar refractivity (Wildman–Crippen MR) is 92.0 cm³/mol. The van der Waals surface area contributed by atoms with E-state index in [1.807, 2.05) is 6.92 Å². The van der Waals surface area contributed by atoms with Crippen LogP contribution in [0.2, 0.25) is 0 Å². The molecule has 1 amide bonds. The highest BCUT2D eigenvalue weighted by Gasteiger charge is 2.64. The zero-order chi connectivity index (χ0) is 17.9. The van der Waals surface area contributed by atoms with Crippen molar-refractivity contribution in [1.29, 1.82) is 0 Å². The first-order chi connectivity index (χ1) is 11.9. The van der Waals surface area contributed by atoms with Crippen LogP contribution in [0, 0.1) is 23.2 Å². The van der Waals surface area contributed by atoms with Gasteiger partial charge in [0.05, 0.1) is 11.5 Å². The van der Waals surface area contributed by atoms with Crippen LogP contribution >= 0.6 is 0 Å². The number of rotatable bonds is 4. The maximum absolute atomic E-state index is 13.1. The van der Waals surface area contributed by atoms with Crippen LogP contribution in [-0.4, -0.2) is 26.7 Å². The van der Waals surface area contributed by atoms with Crippen molar-refractivity contribution in [3.8, 4) is 0 Å². The van der Waals surface area contributed by atoms with Gasteiger partial charge in [0.15, 0.2) is 0 Å². The summed E-state index contributed by atoms with van der Waals surface area (Å²) in [6, 6.07) is 0. The number of aliphatic hydroxyl groups is 1. The predicted octanol–water partition coefficient (Wildman–Crippen LogP) is 0.264. The SMILES string of the molecule is CCCn1c(N)c(NC(=O)C23CC4C[C@@H]2C[C@H](C3)[C@H]4O)c(=O)[nH]c1=O. The number of H-pyrrole nitrogens is 1. The average molecular weight is 348 g/mol. The third kappa shape index (κ3) is 2.19. The van der Waals surface area contributed by atoms with E-state index < -0.39 is 16.7 Å². The first kappa shape index (κ1) is 16.4. The molecule has 4 saturated carbocycles. The van der Waals surface area contributed by atoms with Crippen molar-refractivity contribution >= 4 is 17.4 Å². The summed E-state index contributed by atoms with van der Waals surface area (Å²) in [4.78, 5) is 39.4. The van der Waals surface area contributed by atoms with E-state index in [1.165, 1.54) is 4.57 Å². The number of carbonyl (C=O) groups excluding carboxylic acids is 1. The third-order valence-electron chi connectivity index (χ3n) is 6.55. The molecule has 4 aliphatic carbocycles. The fourth-order valence-electron chi connectivity index (χ4n) is 5.47. The van der Waals surface area contributed by atoms with Crippen LogP contribution in [0.1, 0.15) is 39.0 Å². The highest BCUT2D eigenvalue weighted by Crippen LogP contribution is 2.65. The summed E-state index contributed by atoms with van der Waals surface area (Å²) in [5.41, 5.74) is 4.21. The Morgan fingerprint density at radius 3 is 2.60 bits per heavy atom. The lowest BCUT2D eigenvalue weighted by Gasteiger charge is -2.35. The van der Waals surface area contributed by atoms with Crippen LogP contribution in [0.3, 0.4) is 0 Å². The van der Waals surface area contributed by atoms with E-state index >= 15 is 0 Å². The first-order valence-corrected chi connectivity index (χ1v) is 8.99. The lowest BCUT2D eigenvalue weighted by atomic mass is 9.73. The molecule has 8 heteroatoms. The highest BCUT2D eigenvalue weighted by molar-refractivity contribution is 5.98. The number of nitrogens with two attached hydrogens (primary N) is 1. The van der Waals surface area contributed by atoms with E-state index in [4.69, 9.17) is 5.73 Å². The Bertz CT molecular complexity index is 826. The Hall–Kier alpha value is -2.09. The van der Waals surface area contributed by atoms with Crippen LogP contribution in [0.5, 0.6) is 0 Å². The number of hydrogen-bond donors (Lipinski definition) is 4. The maximum Gasteiger partial charge on any atom is 0.330 e. The van der Waals surface area contributed by atoms with Crippen molar-refractivity contribution < 1.29 is 9.90 Å². The molecule has 0 spiro atoms. The second-order valence-corrected chi connectivity index (χ2v) is 7.87. The number of aromatic nitrogens is 2. The number of nitrogen functional groups attached to an aromatic ring is 1. The number of anilines is 2. The summed E-state index contributed by atoms with van der Waals surface area (Å²) in [6.45, 7) is 2.27. The van der Waals surface area contributed by atoms with E-state index in [2.05, 4.69) is 10.3 Å². The monoisotopic (exact) mass is 348 g/mol. The topological polar surface area (TPSA) is 130 Å². The smallest absolute Gasteiger partial charge is 0.330 e. The molecule has 2 unspecified atom stereocenters. The zero-order valence-electron chi connectivity index (χ0n) is 14.2. The van der Waals surface area contributed by atoms with Gasteiger partial charge in [0, 0.05) is 6.54 Å². The van der Waals surface area contributed by atoms with Gasteiger partial charge in [0.2, 0.25) is 5.91 Å². The van der Waals surface area contributed by atoms with E-state index in [0.717, 1.165) is 12.8 Å². The van der Waals surface area contributed by atoms with Gasteiger partial charge in [-0.1, -0.05) is 6.92 Å². The van der Waals surface area contributed by atoms with Gasteiger partial charge in [-0.25, -0.2) is 4.79 Å². The molecule has 5 N–H and O–H groups in total. The molecule has 0 saturated heterocycles. The Morgan fingerprint density at radius 2 is 2.00 bits per heavy atom. The van der Waals surface area contributed by atoms with Gasteiger partial charge in [-0.05, 0) is 49.9 Å². The lowest BCUT2D eigenvalue weighted by Crippen LogP contribution is -2.42. The van der Waals surface area contributed by atoms with Crippen molar-refractivity contribution in [2.75, 3.05) is 11.1 Å². The molecule has 5 rings (SSSR count). The molecule has 5 atom stereocenters. The Kier molecular flexibility index (Phi) is 3.57. The van der Waals surface area contributed by atoms with Gasteiger partial charge < -0.3 is 16.2 Å². The Labute approximate surface area is 144 Å². The minimum absolute atomic E-state index is 0.00177. The molecular formula is C17H24N4O4. The maximum atomic E-state index is 13.1. The van der Waals surface area contributed by atoms with Gasteiger partial charge in [0.25, 0.3) is 5.56 Å². The summed E-state index contributed by atoms with van der Waals surface area (Å²) in [7, 11) is 0. The minimum atomic E-state index is -0.669. The molecule has 4 aliphatic rings. The van der Waals surface area contributed by atoms with Crippen molar-refractivity contribution in [1.82, 2.24) is 9.55 Å². The van der Waals surface area contributed by atoms with E-state index in [9.17, 15) is 19.5 Å². The lowest BCUT2D eigenvalue weighted by molar-refractivity contribution is -0.128. The molecule has 4 bridgehead atoms. The molecule has 0 aliphatic heterocycles. The first-order valence-electron chi connectivity index (χ1n) is 8.99. The number of hydrogen-bond acceptors (Lipinski definition) is 5. The average Bonchev–Trinajstić information content (AvgIpc) is 3.03. The van der Waals surface area contributed by atoms with Crippen molar-refractivity contribution in [2.45, 2.75) is 51.7 Å². The molecule has 25 heavy (non-hydrogen) atoms. The van der Waals surface area contributed by atoms with E-state index in [-0.39, 0.29) is 41.3 Å². The van der Waals surface area contributed by atoms with Crippen molar-refractivity contribution in [3.05, 3.63) is 20.8 Å². The second kappa shape index (κ2) is 5.45. The number of nitrogens with one attached hydrogen (secondary N) is 2. The summed E-state index contributed by atoms with van der Waals surface area (Å²) in [5, 5.41) is 13.0. The number of aliphatic hydroxyl groups excluding tert-OH is 1.